The van der Waals surface area contributed by atoms with E-state index in [4.69, 9.17) is 5.11 Å². The fraction of sp³-hybridized carbons (Fsp3) is 0. The van der Waals surface area contributed by atoms with Gasteiger partial charge in [0.2, 0.25) is 0 Å². The number of nitrogens with one attached hydrogen (secondary N) is 3. The summed E-state index contributed by atoms with van der Waals surface area (Å²) in [5.74, 6) is 0.295. The standard InChI is InChI=1S/C20H15N5O3/c26-17(12-5-2-1-3-6-12)15-10-21-18-16(15)19(23-11-22-18)24-13-7-4-8-14(9-13)25-20(27)28/h1-11,25H,(H,27,28)(H2,21,22,23,24). The highest BCUT2D eigenvalue weighted by atomic mass is 16.4. The first-order chi connectivity index (χ1) is 13.6. The lowest BCUT2D eigenvalue weighted by molar-refractivity contribution is 0.104. The molecule has 8 nitrogen and oxygen atoms in total. The molecule has 0 aliphatic rings. The Morgan fingerprint density at radius 2 is 1.75 bits per heavy atom. The summed E-state index contributed by atoms with van der Waals surface area (Å²) < 4.78 is 0. The van der Waals surface area contributed by atoms with Gasteiger partial charge in [-0.1, -0.05) is 36.4 Å². The van der Waals surface area contributed by atoms with Crippen molar-refractivity contribution in [2.75, 3.05) is 10.6 Å². The normalized spacial score (nSPS) is 10.6. The van der Waals surface area contributed by atoms with Crippen LogP contribution in [0.25, 0.3) is 11.0 Å². The summed E-state index contributed by atoms with van der Waals surface area (Å²) in [5, 5.41) is 14.9. The molecule has 0 fully saturated rings. The van der Waals surface area contributed by atoms with Gasteiger partial charge in [0.1, 0.15) is 17.8 Å². The van der Waals surface area contributed by atoms with E-state index in [0.29, 0.717) is 39.4 Å². The van der Waals surface area contributed by atoms with Crippen LogP contribution in [0.2, 0.25) is 0 Å². The number of benzene rings is 2. The molecular formula is C20H15N5O3. The van der Waals surface area contributed by atoms with Crippen LogP contribution in [0.4, 0.5) is 22.0 Å². The lowest BCUT2D eigenvalue weighted by atomic mass is 10.0. The molecule has 0 aliphatic carbocycles. The van der Waals surface area contributed by atoms with Crippen LogP contribution < -0.4 is 10.6 Å². The van der Waals surface area contributed by atoms with E-state index in [2.05, 4.69) is 25.6 Å². The molecule has 0 saturated heterocycles. The van der Waals surface area contributed by atoms with E-state index in [-0.39, 0.29) is 5.78 Å². The van der Waals surface area contributed by atoms with E-state index in [1.165, 1.54) is 6.33 Å². The number of aromatic amines is 1. The summed E-state index contributed by atoms with van der Waals surface area (Å²) in [6.45, 7) is 0. The number of carboxylic acid groups (broad SMARTS) is 1. The summed E-state index contributed by atoms with van der Waals surface area (Å²) >= 11 is 0. The average Bonchev–Trinajstić information content (AvgIpc) is 3.13. The molecule has 0 spiro atoms. The van der Waals surface area contributed by atoms with Gasteiger partial charge in [0.15, 0.2) is 5.78 Å². The maximum Gasteiger partial charge on any atom is 0.409 e. The number of rotatable bonds is 5. The molecule has 28 heavy (non-hydrogen) atoms. The molecule has 138 valence electrons. The molecule has 2 heterocycles. The van der Waals surface area contributed by atoms with Crippen LogP contribution in [0.1, 0.15) is 15.9 Å². The summed E-state index contributed by atoms with van der Waals surface area (Å²) in [5.41, 5.74) is 2.56. The minimum Gasteiger partial charge on any atom is -0.465 e. The predicted molar refractivity (Wildman–Crippen MR) is 105 cm³/mol. The van der Waals surface area contributed by atoms with Crippen molar-refractivity contribution in [2.45, 2.75) is 0 Å². The molecule has 1 amide bonds. The lowest BCUT2D eigenvalue weighted by Gasteiger charge is -2.09. The second-order valence-electron chi connectivity index (χ2n) is 5.98. The zero-order valence-electron chi connectivity index (χ0n) is 14.5. The SMILES string of the molecule is O=C(O)Nc1cccc(Nc2ncnc3[nH]cc(C(=O)c4ccccc4)c23)c1. The van der Waals surface area contributed by atoms with Crippen molar-refractivity contribution in [3.63, 3.8) is 0 Å². The van der Waals surface area contributed by atoms with Crippen LogP contribution in [0, 0.1) is 0 Å². The van der Waals surface area contributed by atoms with E-state index >= 15 is 0 Å². The molecule has 4 N–H and O–H groups in total. The quantitative estimate of drug-likeness (QED) is 0.392. The fourth-order valence-electron chi connectivity index (χ4n) is 2.92. The number of hydrogen-bond acceptors (Lipinski definition) is 5. The predicted octanol–water partition coefficient (Wildman–Crippen LogP) is 4.02. The monoisotopic (exact) mass is 373 g/mol. The van der Waals surface area contributed by atoms with Crippen LogP contribution in [-0.2, 0) is 0 Å². The molecule has 8 heteroatoms. The molecule has 0 aliphatic heterocycles. The zero-order chi connectivity index (χ0) is 19.5. The third kappa shape index (κ3) is 3.38. The van der Waals surface area contributed by atoms with Gasteiger partial charge in [0, 0.05) is 23.1 Å². The number of H-pyrrole nitrogens is 1. The van der Waals surface area contributed by atoms with Crippen LogP contribution in [0.3, 0.4) is 0 Å². The van der Waals surface area contributed by atoms with Crippen molar-refractivity contribution in [1.29, 1.82) is 0 Å². The molecule has 0 bridgehead atoms. The Labute approximate surface area is 159 Å². The number of nitrogens with zero attached hydrogens (tertiary/aromatic N) is 2. The Morgan fingerprint density at radius 1 is 0.964 bits per heavy atom. The van der Waals surface area contributed by atoms with Gasteiger partial charge in [-0.25, -0.2) is 14.8 Å². The van der Waals surface area contributed by atoms with E-state index in [9.17, 15) is 9.59 Å². The Morgan fingerprint density at radius 3 is 2.54 bits per heavy atom. The smallest absolute Gasteiger partial charge is 0.409 e. The third-order valence-electron chi connectivity index (χ3n) is 4.13. The molecular weight excluding hydrogens is 358 g/mol. The highest BCUT2D eigenvalue weighted by molar-refractivity contribution is 6.18. The molecule has 0 radical (unpaired) electrons. The first kappa shape index (κ1) is 17.2. The molecule has 0 unspecified atom stereocenters. The number of fused-ring (bicyclic) bond motifs is 1. The minimum atomic E-state index is -1.15. The first-order valence-electron chi connectivity index (χ1n) is 8.40. The minimum absolute atomic E-state index is 0.147. The van der Waals surface area contributed by atoms with Crippen LogP contribution in [0.15, 0.2) is 67.1 Å². The Bertz CT molecular complexity index is 1170. The first-order valence-corrected chi connectivity index (χ1v) is 8.40. The van der Waals surface area contributed by atoms with Crippen LogP contribution >= 0.6 is 0 Å². The summed E-state index contributed by atoms with van der Waals surface area (Å²) in [7, 11) is 0. The van der Waals surface area contributed by atoms with Gasteiger partial charge in [0.05, 0.1) is 10.9 Å². The van der Waals surface area contributed by atoms with Crippen molar-refractivity contribution < 1.29 is 14.7 Å². The van der Waals surface area contributed by atoms with E-state index < -0.39 is 6.09 Å². The lowest BCUT2D eigenvalue weighted by Crippen LogP contribution is -2.07. The molecule has 4 rings (SSSR count). The van der Waals surface area contributed by atoms with Crippen molar-refractivity contribution >= 4 is 40.1 Å². The number of carbonyl (C=O) groups is 2. The summed E-state index contributed by atoms with van der Waals surface area (Å²) in [6.07, 6.45) is 1.85. The van der Waals surface area contributed by atoms with Crippen molar-refractivity contribution in [3.05, 3.63) is 78.2 Å². The number of carbonyl (C=O) groups excluding carboxylic acids is 1. The number of aromatic nitrogens is 3. The van der Waals surface area contributed by atoms with Crippen molar-refractivity contribution in [2.24, 2.45) is 0 Å². The number of amides is 1. The average molecular weight is 373 g/mol. The maximum absolute atomic E-state index is 12.9. The van der Waals surface area contributed by atoms with E-state index in [0.717, 1.165) is 0 Å². The van der Waals surface area contributed by atoms with Gasteiger partial charge < -0.3 is 15.4 Å². The largest absolute Gasteiger partial charge is 0.465 e. The van der Waals surface area contributed by atoms with Gasteiger partial charge in [0.25, 0.3) is 0 Å². The molecule has 4 aromatic rings. The molecule has 0 atom stereocenters. The van der Waals surface area contributed by atoms with Crippen LogP contribution in [-0.4, -0.2) is 31.9 Å². The topological polar surface area (TPSA) is 120 Å². The van der Waals surface area contributed by atoms with Gasteiger partial charge >= 0.3 is 6.09 Å². The van der Waals surface area contributed by atoms with E-state index in [1.54, 1.807) is 54.7 Å². The summed E-state index contributed by atoms with van der Waals surface area (Å²) in [6, 6.07) is 15.7. The second kappa shape index (κ2) is 7.20. The van der Waals surface area contributed by atoms with Gasteiger partial charge in [-0.15, -0.1) is 0 Å². The number of hydrogen-bond donors (Lipinski definition) is 4. The van der Waals surface area contributed by atoms with Crippen LogP contribution in [0.5, 0.6) is 0 Å². The Kier molecular flexibility index (Phi) is 4.43. The second-order valence-corrected chi connectivity index (χ2v) is 5.98. The van der Waals surface area contributed by atoms with Crippen molar-refractivity contribution in [3.8, 4) is 0 Å². The number of anilines is 3. The molecule has 2 aromatic heterocycles. The maximum atomic E-state index is 12.9. The zero-order valence-corrected chi connectivity index (χ0v) is 14.5. The van der Waals surface area contributed by atoms with Gasteiger partial charge in [-0.05, 0) is 18.2 Å². The number of ketones is 1. The molecule has 2 aromatic carbocycles. The highest BCUT2D eigenvalue weighted by Crippen LogP contribution is 2.28. The Balaban J connectivity index is 1.73. The summed E-state index contributed by atoms with van der Waals surface area (Å²) in [4.78, 5) is 35.2. The molecule has 0 saturated carbocycles. The van der Waals surface area contributed by atoms with Crippen molar-refractivity contribution in [1.82, 2.24) is 15.0 Å². The third-order valence-corrected chi connectivity index (χ3v) is 4.13. The highest BCUT2D eigenvalue weighted by Gasteiger charge is 2.18. The Hall–Kier alpha value is -4.20. The van der Waals surface area contributed by atoms with Gasteiger partial charge in [-0.2, -0.15) is 0 Å². The fourth-order valence-corrected chi connectivity index (χ4v) is 2.92. The van der Waals surface area contributed by atoms with Gasteiger partial charge in [-0.3, -0.25) is 10.1 Å². The van der Waals surface area contributed by atoms with E-state index in [1.807, 2.05) is 6.07 Å².